The Morgan fingerprint density at radius 2 is 1.51 bits per heavy atom. The van der Waals surface area contributed by atoms with Gasteiger partial charge in [-0.15, -0.1) is 0 Å². The van der Waals surface area contributed by atoms with Crippen molar-refractivity contribution in [2.24, 2.45) is 0 Å². The predicted molar refractivity (Wildman–Crippen MR) is 170 cm³/mol. The fraction of sp³-hybridized carbons (Fsp3) is 0.171. The maximum Gasteiger partial charge on any atom is 0.374 e. The number of nitrogens with zero attached hydrogens (tertiary/aromatic N) is 2. The number of fused-ring (bicyclic) bond motifs is 2. The summed E-state index contributed by atoms with van der Waals surface area (Å²) in [5.41, 5.74) is 7.58. The predicted octanol–water partition coefficient (Wildman–Crippen LogP) is 7.50. The number of oxazole rings is 1. The van der Waals surface area contributed by atoms with E-state index in [1.54, 1.807) is 4.57 Å². The van der Waals surface area contributed by atoms with E-state index in [1.807, 2.05) is 91.9 Å². The Labute approximate surface area is 251 Å². The van der Waals surface area contributed by atoms with Crippen LogP contribution in [0.5, 0.6) is 5.75 Å². The number of aromatic nitrogens is 1. The van der Waals surface area contributed by atoms with Crippen LogP contribution in [0.25, 0.3) is 39.4 Å². The minimum Gasteiger partial charge on any atom is -0.439 e. The minimum absolute atomic E-state index is 0.0365. The third kappa shape index (κ3) is 6.11. The molecule has 0 saturated heterocycles. The average Bonchev–Trinajstić information content (AvgIpc) is 3.55. The van der Waals surface area contributed by atoms with Gasteiger partial charge in [-0.25, -0.2) is 0 Å². The fourth-order valence-corrected chi connectivity index (χ4v) is 5.78. The van der Waals surface area contributed by atoms with Gasteiger partial charge in [0.1, 0.15) is 5.75 Å². The van der Waals surface area contributed by atoms with Crippen molar-refractivity contribution in [3.05, 3.63) is 120 Å². The molecule has 0 unspecified atom stereocenters. The molecule has 0 fully saturated rings. The Morgan fingerprint density at radius 1 is 0.860 bits per heavy atom. The number of hydrogen-bond acceptors (Lipinski definition) is 5. The van der Waals surface area contributed by atoms with E-state index in [0.717, 1.165) is 51.3 Å². The summed E-state index contributed by atoms with van der Waals surface area (Å²) in [7, 11) is -4.19. The van der Waals surface area contributed by atoms with Crippen LogP contribution < -0.4 is 14.2 Å². The summed E-state index contributed by atoms with van der Waals surface area (Å²) in [4.78, 5) is 2.14. The van der Waals surface area contributed by atoms with Gasteiger partial charge in [0.15, 0.2) is 12.3 Å². The third-order valence-electron chi connectivity index (χ3n) is 7.59. The lowest BCUT2D eigenvalue weighted by molar-refractivity contribution is -0.673. The van der Waals surface area contributed by atoms with Gasteiger partial charge >= 0.3 is 5.89 Å². The highest BCUT2D eigenvalue weighted by Crippen LogP contribution is 2.42. The van der Waals surface area contributed by atoms with E-state index in [1.165, 1.54) is 0 Å². The highest BCUT2D eigenvalue weighted by atomic mass is 32.2. The van der Waals surface area contributed by atoms with Gasteiger partial charge in [-0.05, 0) is 59.4 Å². The quantitative estimate of drug-likeness (QED) is 0.141. The summed E-state index contributed by atoms with van der Waals surface area (Å²) in [5, 5.41) is 0. The summed E-state index contributed by atoms with van der Waals surface area (Å²) in [6, 6.07) is 32.3. The van der Waals surface area contributed by atoms with Crippen LogP contribution in [-0.4, -0.2) is 25.3 Å². The summed E-state index contributed by atoms with van der Waals surface area (Å²) in [5.74, 6) is 1.56. The van der Waals surface area contributed by atoms with Crippen LogP contribution in [0, 0.1) is 0 Å². The topological polar surface area (TPSA) is 83.9 Å². The van der Waals surface area contributed by atoms with Gasteiger partial charge in [-0.2, -0.15) is 13.0 Å². The van der Waals surface area contributed by atoms with E-state index < -0.39 is 15.9 Å². The van der Waals surface area contributed by atoms with Crippen molar-refractivity contribution in [3.8, 4) is 28.0 Å². The normalized spacial score (nSPS) is 14.3. The van der Waals surface area contributed by atoms with Gasteiger partial charge in [-0.3, -0.25) is 4.55 Å². The molecule has 1 aliphatic rings. The fourth-order valence-electron chi connectivity index (χ4n) is 5.36. The lowest BCUT2D eigenvalue weighted by Gasteiger charge is -2.16. The highest BCUT2D eigenvalue weighted by Gasteiger charge is 2.27. The Kier molecular flexibility index (Phi) is 7.88. The number of hydrogen-bond donors (Lipinski definition) is 1. The molecule has 0 spiro atoms. The maximum atomic E-state index is 11.7. The van der Waals surface area contributed by atoms with Crippen LogP contribution in [0.3, 0.4) is 0 Å². The third-order valence-corrected chi connectivity index (χ3v) is 8.29. The van der Waals surface area contributed by atoms with Gasteiger partial charge in [0.25, 0.3) is 15.6 Å². The Hall–Kier alpha value is -4.66. The van der Waals surface area contributed by atoms with Crippen LogP contribution in [0.2, 0.25) is 0 Å². The number of benzene rings is 4. The van der Waals surface area contributed by atoms with Gasteiger partial charge in [0.2, 0.25) is 11.5 Å². The van der Waals surface area contributed by atoms with E-state index >= 15 is 0 Å². The number of rotatable bonds is 9. The van der Waals surface area contributed by atoms with Crippen LogP contribution >= 0.6 is 0 Å². The second kappa shape index (κ2) is 11.9. The summed E-state index contributed by atoms with van der Waals surface area (Å²) in [6.07, 6.45) is 4.59. The van der Waals surface area contributed by atoms with Crippen molar-refractivity contribution in [2.75, 3.05) is 17.2 Å². The number of ether oxygens (including phenoxy) is 1. The molecule has 0 saturated carbocycles. The van der Waals surface area contributed by atoms with E-state index in [9.17, 15) is 13.0 Å². The molecule has 0 bridgehead atoms. The Balaban J connectivity index is 1.39. The lowest BCUT2D eigenvalue weighted by Crippen LogP contribution is -2.38. The van der Waals surface area contributed by atoms with Crippen LogP contribution in [0.1, 0.15) is 26.2 Å². The van der Waals surface area contributed by atoms with E-state index in [-0.39, 0.29) is 6.54 Å². The van der Waals surface area contributed by atoms with Crippen molar-refractivity contribution in [1.82, 2.24) is 0 Å². The van der Waals surface area contributed by atoms with Crippen molar-refractivity contribution in [3.63, 3.8) is 0 Å². The molecule has 0 radical (unpaired) electrons. The zero-order chi connectivity index (χ0) is 30.0. The number of allylic oxidation sites excluding steroid dienone is 2. The van der Waals surface area contributed by atoms with E-state index in [2.05, 4.69) is 36.1 Å². The summed E-state index contributed by atoms with van der Waals surface area (Å²) >= 11 is 0. The monoisotopic (exact) mass is 593 g/mol. The first-order valence-electron chi connectivity index (χ1n) is 14.4. The van der Waals surface area contributed by atoms with Crippen LogP contribution in [-0.2, 0) is 16.7 Å². The molecule has 8 heteroatoms. The van der Waals surface area contributed by atoms with Gasteiger partial charge in [-0.1, -0.05) is 79.7 Å². The number of anilines is 1. The highest BCUT2D eigenvalue weighted by molar-refractivity contribution is 7.85. The Morgan fingerprint density at radius 3 is 2.14 bits per heavy atom. The molecule has 5 aromatic rings. The molecule has 2 heterocycles. The van der Waals surface area contributed by atoms with Crippen molar-refractivity contribution >= 4 is 33.0 Å². The van der Waals surface area contributed by atoms with Gasteiger partial charge < -0.3 is 14.1 Å². The molecule has 1 N–H and O–H groups in total. The van der Waals surface area contributed by atoms with Crippen molar-refractivity contribution in [1.29, 1.82) is 0 Å². The molecule has 6 rings (SSSR count). The first kappa shape index (κ1) is 28.5. The van der Waals surface area contributed by atoms with E-state index in [4.69, 9.17) is 9.15 Å². The largest absolute Gasteiger partial charge is 0.439 e. The van der Waals surface area contributed by atoms with Crippen LogP contribution in [0.15, 0.2) is 119 Å². The molecule has 218 valence electrons. The molecular weight excluding hydrogens is 560 g/mol. The second-order valence-corrected chi connectivity index (χ2v) is 11.9. The zero-order valence-electron chi connectivity index (χ0n) is 24.1. The van der Waals surface area contributed by atoms with Gasteiger partial charge in [0.05, 0.1) is 11.8 Å². The summed E-state index contributed by atoms with van der Waals surface area (Å²) < 4.78 is 47.4. The lowest BCUT2D eigenvalue weighted by atomic mass is 10.0. The van der Waals surface area contributed by atoms with E-state index in [0.29, 0.717) is 23.8 Å². The minimum atomic E-state index is -4.19. The first-order chi connectivity index (χ1) is 20.8. The Bertz CT molecular complexity index is 1940. The SMILES string of the molecule is CCC(=Cc1oc2ccc(-c3ccccc3)cc2[n+]1CCS(=O)(=O)O)C=C1Oc2ccc(-c3ccccc3)cc2N1CC. The van der Waals surface area contributed by atoms with Gasteiger partial charge in [0, 0.05) is 18.7 Å². The van der Waals surface area contributed by atoms with Crippen molar-refractivity contribution in [2.45, 2.75) is 26.8 Å². The second-order valence-electron chi connectivity index (χ2n) is 10.4. The standard InChI is InChI=1S/C35H32N2O5S/c1-3-25(21-34-36(4-2)30-23-28(15-17-32(30)41-34)26-11-7-5-8-12-26)22-35-37(19-20-43(38,39)40)31-24-29(16-18-33(31)42-35)27-13-9-6-10-14-27/h5-18,21-24H,3-4,19-20H2,1-2H3/p+1. The molecule has 4 aromatic carbocycles. The van der Waals surface area contributed by atoms with Crippen LogP contribution in [0.4, 0.5) is 5.69 Å². The zero-order valence-corrected chi connectivity index (χ0v) is 24.9. The molecule has 1 aliphatic heterocycles. The number of aryl methyl sites for hydroxylation is 1. The maximum absolute atomic E-state index is 11.7. The molecular formula is C35H33N2O5S+. The smallest absolute Gasteiger partial charge is 0.374 e. The summed E-state index contributed by atoms with van der Waals surface area (Å²) in [6.45, 7) is 4.89. The first-order valence-corrected chi connectivity index (χ1v) is 16.0. The molecule has 0 amide bonds. The average molecular weight is 594 g/mol. The molecule has 1 aromatic heterocycles. The molecule has 7 nitrogen and oxygen atoms in total. The molecule has 0 atom stereocenters. The molecule has 43 heavy (non-hydrogen) atoms. The van der Waals surface area contributed by atoms with Crippen molar-refractivity contribution < 1.29 is 26.7 Å². The molecule has 0 aliphatic carbocycles.